The summed E-state index contributed by atoms with van der Waals surface area (Å²) in [6.45, 7) is 0. The Hall–Kier alpha value is -4.80. The summed E-state index contributed by atoms with van der Waals surface area (Å²) in [6.07, 6.45) is -2.83. The van der Waals surface area contributed by atoms with Crippen molar-refractivity contribution in [2.45, 2.75) is 6.18 Å². The molecule has 2 aromatic heterocycles. The lowest BCUT2D eigenvalue weighted by atomic mass is 10.0. The number of ether oxygens (including phenoxy) is 1. The Labute approximate surface area is 196 Å². The minimum atomic E-state index is -4.43. The van der Waals surface area contributed by atoms with Gasteiger partial charge in [0.15, 0.2) is 0 Å². The van der Waals surface area contributed by atoms with Gasteiger partial charge in [-0.05, 0) is 35.7 Å². The lowest BCUT2D eigenvalue weighted by Gasteiger charge is -2.12. The predicted octanol–water partition coefficient (Wildman–Crippen LogP) is 5.74. The first-order chi connectivity index (χ1) is 16.8. The molecule has 0 aliphatic rings. The fourth-order valence-corrected chi connectivity index (χ4v) is 3.65. The van der Waals surface area contributed by atoms with Crippen molar-refractivity contribution in [2.75, 3.05) is 16.8 Å². The standard InChI is InChI=1S/C24H18F3N7O/c25-24(26,27)13-4-3-5-14(10-13)31-23-30-12-18(32-23)16-8-9-19(17-7-2-1-6-15(16)17)35-21-11-20(28)33-22(29)34-21/h1-12H,(H2,30,31,32)(H4,28,29,33,34). The maximum Gasteiger partial charge on any atom is 0.416 e. The summed E-state index contributed by atoms with van der Waals surface area (Å²) in [4.78, 5) is 15.3. The highest BCUT2D eigenvalue weighted by molar-refractivity contribution is 5.99. The van der Waals surface area contributed by atoms with Gasteiger partial charge in [0.2, 0.25) is 17.8 Å². The normalized spacial score (nSPS) is 11.5. The van der Waals surface area contributed by atoms with Gasteiger partial charge in [-0.3, -0.25) is 0 Å². The molecule has 0 amide bonds. The topological polar surface area (TPSA) is 128 Å². The van der Waals surface area contributed by atoms with Gasteiger partial charge in [0.25, 0.3) is 0 Å². The van der Waals surface area contributed by atoms with Crippen LogP contribution in [0.3, 0.4) is 0 Å². The predicted molar refractivity (Wildman–Crippen MR) is 127 cm³/mol. The number of aromatic amines is 1. The summed E-state index contributed by atoms with van der Waals surface area (Å²) in [7, 11) is 0. The van der Waals surface area contributed by atoms with Crippen LogP contribution in [0.25, 0.3) is 22.0 Å². The van der Waals surface area contributed by atoms with Crippen LogP contribution in [-0.2, 0) is 6.18 Å². The SMILES string of the molecule is Nc1cc(Oc2ccc(-c3cnc(Nc4cccc(C(F)(F)F)c4)[nH]3)c3ccccc23)nc(N)n1. The van der Waals surface area contributed by atoms with Crippen molar-refractivity contribution < 1.29 is 17.9 Å². The quantitative estimate of drug-likeness (QED) is 0.254. The fraction of sp³-hybridized carbons (Fsp3) is 0.0417. The number of fused-ring (bicyclic) bond motifs is 1. The van der Waals surface area contributed by atoms with Crippen molar-refractivity contribution in [1.29, 1.82) is 0 Å². The highest BCUT2D eigenvalue weighted by Crippen LogP contribution is 2.36. The van der Waals surface area contributed by atoms with E-state index < -0.39 is 11.7 Å². The smallest absolute Gasteiger partial charge is 0.416 e. The highest BCUT2D eigenvalue weighted by Gasteiger charge is 2.30. The number of halogens is 3. The molecule has 0 atom stereocenters. The first-order valence-electron chi connectivity index (χ1n) is 10.4. The third-order valence-corrected chi connectivity index (χ3v) is 5.16. The average molecular weight is 477 g/mol. The lowest BCUT2D eigenvalue weighted by Crippen LogP contribution is -2.05. The number of rotatable bonds is 5. The fourth-order valence-electron chi connectivity index (χ4n) is 3.65. The zero-order valence-corrected chi connectivity index (χ0v) is 18.0. The summed E-state index contributed by atoms with van der Waals surface area (Å²) in [5.74, 6) is 1.23. The molecule has 0 fully saturated rings. The largest absolute Gasteiger partial charge is 0.438 e. The molecular formula is C24H18F3N7O. The molecule has 5 rings (SSSR count). The Kier molecular flexibility index (Phi) is 5.36. The first-order valence-corrected chi connectivity index (χ1v) is 10.4. The number of aromatic nitrogens is 4. The molecule has 0 spiro atoms. The number of hydrogen-bond acceptors (Lipinski definition) is 7. The first kappa shape index (κ1) is 22.0. The molecule has 0 aliphatic heterocycles. The van der Waals surface area contributed by atoms with E-state index in [0.29, 0.717) is 17.4 Å². The molecular weight excluding hydrogens is 459 g/mol. The molecule has 35 heavy (non-hydrogen) atoms. The van der Waals surface area contributed by atoms with Crippen LogP contribution < -0.4 is 21.5 Å². The molecule has 3 aromatic carbocycles. The number of alkyl halides is 3. The number of nitrogens with zero attached hydrogens (tertiary/aromatic N) is 3. The third-order valence-electron chi connectivity index (χ3n) is 5.16. The molecule has 0 saturated carbocycles. The van der Waals surface area contributed by atoms with Gasteiger partial charge >= 0.3 is 6.18 Å². The second-order valence-electron chi connectivity index (χ2n) is 7.60. The summed E-state index contributed by atoms with van der Waals surface area (Å²) in [5.41, 5.74) is 12.4. The molecule has 8 nitrogen and oxygen atoms in total. The Morgan fingerprint density at radius 2 is 1.69 bits per heavy atom. The van der Waals surface area contributed by atoms with Crippen LogP contribution in [0.2, 0.25) is 0 Å². The Bertz CT molecular complexity index is 1510. The molecule has 2 heterocycles. The average Bonchev–Trinajstić information content (AvgIpc) is 3.26. The van der Waals surface area contributed by atoms with E-state index in [9.17, 15) is 13.2 Å². The lowest BCUT2D eigenvalue weighted by molar-refractivity contribution is -0.137. The zero-order chi connectivity index (χ0) is 24.6. The van der Waals surface area contributed by atoms with Crippen LogP contribution in [0, 0.1) is 0 Å². The zero-order valence-electron chi connectivity index (χ0n) is 18.0. The summed E-state index contributed by atoms with van der Waals surface area (Å²) >= 11 is 0. The minimum absolute atomic E-state index is 0.000754. The van der Waals surface area contributed by atoms with Gasteiger partial charge in [-0.25, -0.2) is 4.98 Å². The van der Waals surface area contributed by atoms with Crippen LogP contribution in [0.4, 0.5) is 36.6 Å². The van der Waals surface area contributed by atoms with Crippen LogP contribution in [0.5, 0.6) is 11.6 Å². The van der Waals surface area contributed by atoms with E-state index in [0.717, 1.165) is 28.5 Å². The molecule has 176 valence electrons. The highest BCUT2D eigenvalue weighted by atomic mass is 19.4. The van der Waals surface area contributed by atoms with Crippen molar-refractivity contribution in [3.8, 4) is 22.9 Å². The van der Waals surface area contributed by atoms with E-state index in [1.807, 2.05) is 30.3 Å². The maximum absolute atomic E-state index is 13.0. The van der Waals surface area contributed by atoms with E-state index in [4.69, 9.17) is 16.2 Å². The van der Waals surface area contributed by atoms with E-state index in [2.05, 4.69) is 25.3 Å². The number of nitrogen functional groups attached to an aromatic ring is 2. The van der Waals surface area contributed by atoms with Crippen molar-refractivity contribution >= 4 is 34.2 Å². The number of nitrogens with one attached hydrogen (secondary N) is 2. The Morgan fingerprint density at radius 1 is 0.886 bits per heavy atom. The van der Waals surface area contributed by atoms with Crippen molar-refractivity contribution in [3.05, 3.63) is 78.5 Å². The van der Waals surface area contributed by atoms with Crippen molar-refractivity contribution in [3.63, 3.8) is 0 Å². The number of imidazole rings is 1. The van der Waals surface area contributed by atoms with Crippen LogP contribution >= 0.6 is 0 Å². The van der Waals surface area contributed by atoms with E-state index in [1.165, 1.54) is 18.2 Å². The molecule has 0 aliphatic carbocycles. The van der Waals surface area contributed by atoms with E-state index in [1.54, 1.807) is 12.3 Å². The number of H-pyrrole nitrogens is 1. The summed E-state index contributed by atoms with van der Waals surface area (Å²) in [5, 5.41) is 4.53. The van der Waals surface area contributed by atoms with Crippen molar-refractivity contribution in [2.24, 2.45) is 0 Å². The van der Waals surface area contributed by atoms with E-state index >= 15 is 0 Å². The molecule has 0 bridgehead atoms. The van der Waals surface area contributed by atoms with Crippen LogP contribution in [0.1, 0.15) is 5.56 Å². The second kappa shape index (κ2) is 8.52. The van der Waals surface area contributed by atoms with Gasteiger partial charge in [0, 0.05) is 22.7 Å². The number of anilines is 4. The molecule has 0 unspecified atom stereocenters. The molecule has 0 saturated heterocycles. The number of benzene rings is 3. The molecule has 0 radical (unpaired) electrons. The minimum Gasteiger partial charge on any atom is -0.438 e. The van der Waals surface area contributed by atoms with Gasteiger partial charge in [-0.2, -0.15) is 23.1 Å². The van der Waals surface area contributed by atoms with Crippen molar-refractivity contribution in [1.82, 2.24) is 19.9 Å². The summed E-state index contributed by atoms with van der Waals surface area (Å²) < 4.78 is 45.0. The maximum atomic E-state index is 13.0. The third kappa shape index (κ3) is 4.64. The molecule has 6 N–H and O–H groups in total. The Balaban J connectivity index is 1.46. The van der Waals surface area contributed by atoms with E-state index in [-0.39, 0.29) is 23.3 Å². The molecule has 11 heteroatoms. The van der Waals surface area contributed by atoms with Gasteiger partial charge in [-0.1, -0.05) is 30.3 Å². The summed E-state index contributed by atoms with van der Waals surface area (Å²) in [6, 6.07) is 17.5. The number of hydrogen-bond donors (Lipinski definition) is 4. The van der Waals surface area contributed by atoms with Gasteiger partial charge in [-0.15, -0.1) is 0 Å². The van der Waals surface area contributed by atoms with Crippen LogP contribution in [-0.4, -0.2) is 19.9 Å². The van der Waals surface area contributed by atoms with Crippen LogP contribution in [0.15, 0.2) is 72.9 Å². The molecule has 5 aromatic rings. The monoisotopic (exact) mass is 477 g/mol. The van der Waals surface area contributed by atoms with Gasteiger partial charge in [0.05, 0.1) is 17.5 Å². The number of nitrogens with two attached hydrogens (primary N) is 2. The second-order valence-corrected chi connectivity index (χ2v) is 7.60. The van der Waals surface area contributed by atoms with Gasteiger partial charge < -0.3 is 26.5 Å². The Morgan fingerprint density at radius 3 is 2.46 bits per heavy atom. The van der Waals surface area contributed by atoms with Gasteiger partial charge in [0.1, 0.15) is 11.6 Å².